The summed E-state index contributed by atoms with van der Waals surface area (Å²) in [6, 6.07) is 0. The van der Waals surface area contributed by atoms with Gasteiger partial charge in [-0.25, -0.2) is 0 Å². The van der Waals surface area contributed by atoms with Crippen molar-refractivity contribution in [2.75, 3.05) is 52.9 Å². The Labute approximate surface area is 98.3 Å². The van der Waals surface area contributed by atoms with Gasteiger partial charge < -0.3 is 24.4 Å². The van der Waals surface area contributed by atoms with E-state index < -0.39 is 0 Å². The van der Waals surface area contributed by atoms with Crippen LogP contribution in [0.4, 0.5) is 0 Å². The third-order valence-electron chi connectivity index (χ3n) is 1.40. The van der Waals surface area contributed by atoms with E-state index in [-0.39, 0.29) is 13.2 Å². The molecular weight excluding hydrogens is 212 g/mol. The van der Waals surface area contributed by atoms with Crippen LogP contribution in [0.5, 0.6) is 0 Å². The topological polar surface area (TPSA) is 68.2 Å². The number of aliphatic hydroxyl groups is 2. The monoisotopic (exact) mass is 238 g/mol. The highest BCUT2D eigenvalue weighted by atomic mass is 16.5. The molecule has 0 atom stereocenters. The maximum Gasteiger partial charge on any atom is 0.0701 e. The van der Waals surface area contributed by atoms with E-state index in [0.29, 0.717) is 26.4 Å². The zero-order chi connectivity index (χ0) is 12.5. The Kier molecular flexibility index (Phi) is 23.0. The second-order valence-electron chi connectivity index (χ2n) is 2.87. The standard InChI is InChI=1S/C6H14O3.C5H12O2/c1-2-8-5-6-9-4-3-7;1-2-4-7-5-3-6/h7H,2-6H2,1H3;6H,2-5H2,1H3. The lowest BCUT2D eigenvalue weighted by atomic mass is 10.5. The van der Waals surface area contributed by atoms with Crippen molar-refractivity contribution in [1.82, 2.24) is 0 Å². The fourth-order valence-electron chi connectivity index (χ4n) is 0.740. The Balaban J connectivity index is 0. The van der Waals surface area contributed by atoms with E-state index in [1.54, 1.807) is 0 Å². The molecule has 0 saturated carbocycles. The van der Waals surface area contributed by atoms with Gasteiger partial charge in [0.25, 0.3) is 0 Å². The lowest BCUT2D eigenvalue weighted by Crippen LogP contribution is -2.06. The van der Waals surface area contributed by atoms with Crippen molar-refractivity contribution >= 4 is 0 Å². The first-order valence-electron chi connectivity index (χ1n) is 5.78. The van der Waals surface area contributed by atoms with E-state index in [2.05, 4.69) is 0 Å². The molecule has 0 heterocycles. The van der Waals surface area contributed by atoms with Crippen LogP contribution in [0.1, 0.15) is 20.3 Å². The first-order valence-corrected chi connectivity index (χ1v) is 5.78. The Morgan fingerprint density at radius 2 is 1.19 bits per heavy atom. The predicted octanol–water partition coefficient (Wildman–Crippen LogP) is 0.437. The van der Waals surface area contributed by atoms with E-state index in [4.69, 9.17) is 24.4 Å². The minimum absolute atomic E-state index is 0.0894. The molecule has 0 radical (unpaired) electrons. The molecule has 0 fully saturated rings. The number of ether oxygens (including phenoxy) is 3. The molecule has 0 aliphatic carbocycles. The number of hydrogen-bond donors (Lipinski definition) is 2. The first kappa shape index (κ1) is 18.2. The maximum absolute atomic E-state index is 8.26. The number of aliphatic hydroxyl groups excluding tert-OH is 2. The molecule has 0 aromatic heterocycles. The highest BCUT2D eigenvalue weighted by molar-refractivity contribution is 4.28. The smallest absolute Gasteiger partial charge is 0.0701 e. The second kappa shape index (κ2) is 20.2. The third kappa shape index (κ3) is 23.5. The van der Waals surface area contributed by atoms with Gasteiger partial charge in [0, 0.05) is 13.2 Å². The minimum atomic E-state index is 0.0894. The SMILES string of the molecule is CCCOCCO.CCOCCOCCO. The summed E-state index contributed by atoms with van der Waals surface area (Å²) in [6.45, 7) is 7.78. The van der Waals surface area contributed by atoms with Crippen molar-refractivity contribution in [3.05, 3.63) is 0 Å². The van der Waals surface area contributed by atoms with Gasteiger partial charge in [-0.1, -0.05) is 6.92 Å². The zero-order valence-electron chi connectivity index (χ0n) is 10.5. The van der Waals surface area contributed by atoms with Crippen LogP contribution in [0.15, 0.2) is 0 Å². The molecule has 0 aromatic rings. The molecule has 0 rings (SSSR count). The van der Waals surface area contributed by atoms with Crippen LogP contribution >= 0.6 is 0 Å². The van der Waals surface area contributed by atoms with E-state index in [1.807, 2.05) is 13.8 Å². The van der Waals surface area contributed by atoms with Crippen molar-refractivity contribution in [3.63, 3.8) is 0 Å². The van der Waals surface area contributed by atoms with Crippen molar-refractivity contribution in [1.29, 1.82) is 0 Å². The fraction of sp³-hybridized carbons (Fsp3) is 1.00. The Morgan fingerprint density at radius 1 is 0.688 bits per heavy atom. The molecule has 5 heteroatoms. The van der Waals surface area contributed by atoms with E-state index in [9.17, 15) is 0 Å². The molecule has 0 spiro atoms. The molecule has 5 nitrogen and oxygen atoms in total. The molecule has 0 unspecified atom stereocenters. The van der Waals surface area contributed by atoms with Crippen molar-refractivity contribution in [2.45, 2.75) is 20.3 Å². The van der Waals surface area contributed by atoms with Crippen molar-refractivity contribution < 1.29 is 24.4 Å². The largest absolute Gasteiger partial charge is 0.394 e. The van der Waals surface area contributed by atoms with Crippen LogP contribution in [0.25, 0.3) is 0 Å². The predicted molar refractivity (Wildman–Crippen MR) is 62.6 cm³/mol. The molecule has 0 aliphatic heterocycles. The summed E-state index contributed by atoms with van der Waals surface area (Å²) in [5, 5.41) is 16.4. The minimum Gasteiger partial charge on any atom is -0.394 e. The molecule has 0 aliphatic rings. The highest BCUT2D eigenvalue weighted by Gasteiger charge is 1.84. The van der Waals surface area contributed by atoms with E-state index >= 15 is 0 Å². The van der Waals surface area contributed by atoms with Gasteiger partial charge in [0.1, 0.15) is 0 Å². The summed E-state index contributed by atoms with van der Waals surface area (Å²) in [5.41, 5.74) is 0. The molecule has 100 valence electrons. The number of hydrogen-bond acceptors (Lipinski definition) is 5. The van der Waals surface area contributed by atoms with Crippen LogP contribution in [-0.4, -0.2) is 63.1 Å². The van der Waals surface area contributed by atoms with Gasteiger partial charge in [0.05, 0.1) is 39.6 Å². The second-order valence-corrected chi connectivity index (χ2v) is 2.87. The van der Waals surface area contributed by atoms with E-state index in [1.165, 1.54) is 0 Å². The van der Waals surface area contributed by atoms with Crippen LogP contribution in [0.2, 0.25) is 0 Å². The fourth-order valence-corrected chi connectivity index (χ4v) is 0.740. The lowest BCUT2D eigenvalue weighted by molar-refractivity contribution is 0.0370. The Hall–Kier alpha value is -0.200. The average molecular weight is 238 g/mol. The van der Waals surface area contributed by atoms with Crippen molar-refractivity contribution in [2.24, 2.45) is 0 Å². The average Bonchev–Trinajstić information content (AvgIpc) is 2.31. The summed E-state index contributed by atoms with van der Waals surface area (Å²) < 4.78 is 14.8. The van der Waals surface area contributed by atoms with Crippen LogP contribution in [0.3, 0.4) is 0 Å². The first-order chi connectivity index (χ1) is 7.83. The Bertz CT molecular complexity index is 90.4. The number of rotatable bonds is 10. The van der Waals surface area contributed by atoms with Crippen LogP contribution < -0.4 is 0 Å². The van der Waals surface area contributed by atoms with Gasteiger partial charge in [0.2, 0.25) is 0 Å². The summed E-state index contributed by atoms with van der Waals surface area (Å²) in [4.78, 5) is 0. The third-order valence-corrected chi connectivity index (χ3v) is 1.40. The molecule has 0 aromatic carbocycles. The van der Waals surface area contributed by atoms with Gasteiger partial charge in [-0.2, -0.15) is 0 Å². The van der Waals surface area contributed by atoms with Gasteiger partial charge in [-0.3, -0.25) is 0 Å². The molecule has 0 amide bonds. The molecule has 0 saturated heterocycles. The normalized spacial score (nSPS) is 9.75. The molecule has 16 heavy (non-hydrogen) atoms. The molecular formula is C11H26O5. The van der Waals surface area contributed by atoms with Crippen LogP contribution in [0, 0.1) is 0 Å². The van der Waals surface area contributed by atoms with Crippen molar-refractivity contribution in [3.8, 4) is 0 Å². The lowest BCUT2D eigenvalue weighted by Gasteiger charge is -2.00. The molecule has 2 N–H and O–H groups in total. The van der Waals surface area contributed by atoms with Gasteiger partial charge >= 0.3 is 0 Å². The summed E-state index contributed by atoms with van der Waals surface area (Å²) >= 11 is 0. The van der Waals surface area contributed by atoms with E-state index in [0.717, 1.165) is 19.6 Å². The van der Waals surface area contributed by atoms with Gasteiger partial charge in [-0.15, -0.1) is 0 Å². The summed E-state index contributed by atoms with van der Waals surface area (Å²) in [5.74, 6) is 0. The molecule has 0 bridgehead atoms. The van der Waals surface area contributed by atoms with Gasteiger partial charge in [0.15, 0.2) is 0 Å². The van der Waals surface area contributed by atoms with Gasteiger partial charge in [-0.05, 0) is 13.3 Å². The zero-order valence-corrected chi connectivity index (χ0v) is 10.5. The quantitative estimate of drug-likeness (QED) is 0.540. The highest BCUT2D eigenvalue weighted by Crippen LogP contribution is 1.77. The summed E-state index contributed by atoms with van der Waals surface area (Å²) in [6.07, 6.45) is 1.03. The Morgan fingerprint density at radius 3 is 1.62 bits per heavy atom. The van der Waals surface area contributed by atoms with Crippen LogP contribution in [-0.2, 0) is 14.2 Å². The maximum atomic E-state index is 8.26. The summed E-state index contributed by atoms with van der Waals surface area (Å²) in [7, 11) is 0.